The van der Waals surface area contributed by atoms with Crippen LogP contribution in [0.3, 0.4) is 0 Å². The van der Waals surface area contributed by atoms with E-state index in [4.69, 9.17) is 4.52 Å². The molecule has 2 rings (SSSR count). The van der Waals surface area contributed by atoms with Crippen molar-refractivity contribution in [2.75, 3.05) is 18.4 Å². The molecule has 2 heterocycles. The van der Waals surface area contributed by atoms with E-state index < -0.39 is 0 Å². The van der Waals surface area contributed by atoms with Gasteiger partial charge in [0, 0.05) is 23.6 Å². The molecule has 5 nitrogen and oxygen atoms in total. The number of aromatic nitrogens is 1. The maximum atomic E-state index is 12.1. The molecular formula is C13H18BrN3O2. The van der Waals surface area contributed by atoms with Crippen LogP contribution in [0.4, 0.5) is 5.88 Å². The summed E-state index contributed by atoms with van der Waals surface area (Å²) in [5.41, 5.74) is 2.11. The fourth-order valence-corrected chi connectivity index (χ4v) is 2.50. The van der Waals surface area contributed by atoms with Gasteiger partial charge >= 0.3 is 0 Å². The Bertz CT molecular complexity index is 510. The number of halogens is 1. The Hall–Kier alpha value is -1.14. The highest BCUT2D eigenvalue weighted by atomic mass is 79.9. The highest BCUT2D eigenvalue weighted by molar-refractivity contribution is 9.11. The lowest BCUT2D eigenvalue weighted by Gasteiger charge is -2.31. The van der Waals surface area contributed by atoms with E-state index in [0.29, 0.717) is 5.88 Å². The molecule has 6 heteroatoms. The number of hydrogen-bond donors (Lipinski definition) is 1. The van der Waals surface area contributed by atoms with Crippen molar-refractivity contribution in [1.82, 2.24) is 10.1 Å². The number of rotatable bonds is 3. The van der Waals surface area contributed by atoms with E-state index in [1.54, 1.807) is 6.07 Å². The average molecular weight is 328 g/mol. The summed E-state index contributed by atoms with van der Waals surface area (Å²) in [6.07, 6.45) is 0.986. The zero-order chi connectivity index (χ0) is 14.0. The Kier molecular flexibility index (Phi) is 4.42. The number of nitrogens with zero attached hydrogens (tertiary/aromatic N) is 2. The second-order valence-electron chi connectivity index (χ2n) is 4.90. The van der Waals surface area contributed by atoms with Gasteiger partial charge in [-0.2, -0.15) is 0 Å². The van der Waals surface area contributed by atoms with Gasteiger partial charge in [-0.05, 0) is 27.2 Å². The van der Waals surface area contributed by atoms with Gasteiger partial charge in [-0.15, -0.1) is 0 Å². The SMILES string of the molecule is CC1=C(Br)CN([C@@H](C)C(=O)Nc2cc(C)no2)CC1. The van der Waals surface area contributed by atoms with Gasteiger partial charge in [-0.25, -0.2) is 0 Å². The van der Waals surface area contributed by atoms with E-state index in [1.807, 2.05) is 13.8 Å². The molecule has 0 spiro atoms. The van der Waals surface area contributed by atoms with Crippen LogP contribution in [0.1, 0.15) is 26.0 Å². The summed E-state index contributed by atoms with van der Waals surface area (Å²) in [5.74, 6) is 0.327. The van der Waals surface area contributed by atoms with E-state index in [-0.39, 0.29) is 11.9 Å². The monoisotopic (exact) mass is 327 g/mol. The van der Waals surface area contributed by atoms with E-state index in [1.165, 1.54) is 10.1 Å². The van der Waals surface area contributed by atoms with Gasteiger partial charge in [-0.3, -0.25) is 15.0 Å². The number of amides is 1. The molecule has 104 valence electrons. The molecule has 19 heavy (non-hydrogen) atoms. The van der Waals surface area contributed by atoms with Gasteiger partial charge in [0.2, 0.25) is 11.8 Å². The Morgan fingerprint density at radius 3 is 2.89 bits per heavy atom. The fraction of sp³-hybridized carbons (Fsp3) is 0.538. The summed E-state index contributed by atoms with van der Waals surface area (Å²) in [7, 11) is 0. The van der Waals surface area contributed by atoms with Crippen molar-refractivity contribution in [3.63, 3.8) is 0 Å². The van der Waals surface area contributed by atoms with Crippen LogP contribution in [0, 0.1) is 6.92 Å². The van der Waals surface area contributed by atoms with Gasteiger partial charge in [0.1, 0.15) is 0 Å². The molecule has 0 aromatic carbocycles. The topological polar surface area (TPSA) is 58.4 Å². The van der Waals surface area contributed by atoms with Crippen LogP contribution in [0.15, 0.2) is 20.6 Å². The first-order valence-electron chi connectivity index (χ1n) is 6.29. The molecule has 0 radical (unpaired) electrons. The van der Waals surface area contributed by atoms with Crippen LogP contribution >= 0.6 is 15.9 Å². The molecule has 1 aromatic rings. The summed E-state index contributed by atoms with van der Waals surface area (Å²) in [4.78, 5) is 14.3. The van der Waals surface area contributed by atoms with Gasteiger partial charge in [0.05, 0.1) is 11.7 Å². The molecule has 1 amide bonds. The molecule has 1 aliphatic heterocycles. The molecule has 1 aromatic heterocycles. The van der Waals surface area contributed by atoms with Gasteiger partial charge in [0.15, 0.2) is 0 Å². The van der Waals surface area contributed by atoms with E-state index in [9.17, 15) is 4.79 Å². The predicted molar refractivity (Wildman–Crippen MR) is 77.1 cm³/mol. The van der Waals surface area contributed by atoms with Crippen molar-refractivity contribution in [3.05, 3.63) is 21.8 Å². The fourth-order valence-electron chi connectivity index (χ4n) is 1.98. The third kappa shape index (κ3) is 3.45. The van der Waals surface area contributed by atoms with Crippen LogP contribution in [0.25, 0.3) is 0 Å². The standard InChI is InChI=1S/C13H18BrN3O2/c1-8-4-5-17(7-11(8)14)10(3)13(18)15-12-6-9(2)16-19-12/h6,10H,4-5,7H2,1-3H3,(H,15,18)/t10-/m0/s1. The van der Waals surface area contributed by atoms with Gasteiger partial charge < -0.3 is 4.52 Å². The Morgan fingerprint density at radius 2 is 2.32 bits per heavy atom. The zero-order valence-electron chi connectivity index (χ0n) is 11.4. The maximum Gasteiger partial charge on any atom is 0.243 e. The summed E-state index contributed by atoms with van der Waals surface area (Å²) in [6.45, 7) is 7.50. The van der Waals surface area contributed by atoms with Crippen LogP contribution < -0.4 is 5.32 Å². The van der Waals surface area contributed by atoms with Crippen molar-refractivity contribution in [3.8, 4) is 0 Å². The molecule has 0 aliphatic carbocycles. The lowest BCUT2D eigenvalue weighted by Crippen LogP contribution is -2.44. The number of carbonyl (C=O) groups is 1. The zero-order valence-corrected chi connectivity index (χ0v) is 13.0. The molecule has 1 N–H and O–H groups in total. The molecule has 0 fully saturated rings. The minimum Gasteiger partial charge on any atom is -0.338 e. The minimum atomic E-state index is -0.203. The third-order valence-electron chi connectivity index (χ3n) is 3.38. The number of carbonyl (C=O) groups excluding carboxylic acids is 1. The van der Waals surface area contributed by atoms with Crippen LogP contribution in [-0.2, 0) is 4.79 Å². The first-order chi connectivity index (χ1) is 8.97. The van der Waals surface area contributed by atoms with Crippen LogP contribution in [0.5, 0.6) is 0 Å². The summed E-state index contributed by atoms with van der Waals surface area (Å²) < 4.78 is 6.17. The number of anilines is 1. The first kappa shape index (κ1) is 14.3. The van der Waals surface area contributed by atoms with Gasteiger partial charge in [0.25, 0.3) is 0 Å². The molecule has 0 saturated carbocycles. The van der Waals surface area contributed by atoms with E-state index in [2.05, 4.69) is 38.2 Å². The Balaban J connectivity index is 1.96. The van der Waals surface area contributed by atoms with Crippen LogP contribution in [0.2, 0.25) is 0 Å². The number of nitrogens with one attached hydrogen (secondary N) is 1. The summed E-state index contributed by atoms with van der Waals surface area (Å²) in [6, 6.07) is 1.51. The normalized spacial score (nSPS) is 18.5. The smallest absolute Gasteiger partial charge is 0.243 e. The predicted octanol–water partition coefficient (Wildman–Crippen LogP) is 2.68. The molecular weight excluding hydrogens is 310 g/mol. The second-order valence-corrected chi connectivity index (χ2v) is 5.86. The quantitative estimate of drug-likeness (QED) is 0.927. The summed E-state index contributed by atoms with van der Waals surface area (Å²) >= 11 is 3.56. The number of hydrogen-bond acceptors (Lipinski definition) is 4. The molecule has 1 aliphatic rings. The lowest BCUT2D eigenvalue weighted by atomic mass is 10.1. The van der Waals surface area contributed by atoms with Crippen molar-refractivity contribution in [2.45, 2.75) is 33.2 Å². The second kappa shape index (κ2) is 5.88. The van der Waals surface area contributed by atoms with Crippen molar-refractivity contribution in [2.24, 2.45) is 0 Å². The first-order valence-corrected chi connectivity index (χ1v) is 7.09. The number of aryl methyl sites for hydroxylation is 1. The molecule has 0 saturated heterocycles. The van der Waals surface area contributed by atoms with E-state index in [0.717, 1.165) is 25.2 Å². The Labute approximate surface area is 121 Å². The average Bonchev–Trinajstić information content (AvgIpc) is 2.77. The molecule has 0 unspecified atom stereocenters. The largest absolute Gasteiger partial charge is 0.338 e. The molecule has 0 bridgehead atoms. The van der Waals surface area contributed by atoms with Crippen molar-refractivity contribution < 1.29 is 9.32 Å². The maximum absolute atomic E-state index is 12.1. The van der Waals surface area contributed by atoms with Crippen molar-refractivity contribution >= 4 is 27.7 Å². The van der Waals surface area contributed by atoms with Gasteiger partial charge in [-0.1, -0.05) is 26.7 Å². The highest BCUT2D eigenvalue weighted by Gasteiger charge is 2.25. The Morgan fingerprint density at radius 1 is 1.58 bits per heavy atom. The molecule has 1 atom stereocenters. The van der Waals surface area contributed by atoms with Crippen molar-refractivity contribution in [1.29, 1.82) is 0 Å². The minimum absolute atomic E-state index is 0.0731. The van der Waals surface area contributed by atoms with E-state index >= 15 is 0 Å². The van der Waals surface area contributed by atoms with Crippen LogP contribution in [-0.4, -0.2) is 35.1 Å². The highest BCUT2D eigenvalue weighted by Crippen LogP contribution is 2.23. The lowest BCUT2D eigenvalue weighted by molar-refractivity contribution is -0.120. The third-order valence-corrected chi connectivity index (χ3v) is 4.31. The summed E-state index contributed by atoms with van der Waals surface area (Å²) in [5, 5.41) is 6.49.